The molecule has 3 amide bonds. The molecule has 3 aliphatic heterocycles. The summed E-state index contributed by atoms with van der Waals surface area (Å²) in [6.07, 6.45) is 7.14. The summed E-state index contributed by atoms with van der Waals surface area (Å²) >= 11 is 1.67. The van der Waals surface area contributed by atoms with Crippen molar-refractivity contribution < 1.29 is 33.4 Å². The molecule has 1 saturated heterocycles. The molecule has 0 aliphatic carbocycles. The lowest BCUT2D eigenvalue weighted by Gasteiger charge is -2.39. The van der Waals surface area contributed by atoms with Crippen LogP contribution in [0.5, 0.6) is 5.75 Å². The van der Waals surface area contributed by atoms with Gasteiger partial charge in [0.25, 0.3) is 0 Å². The number of methoxy groups -OCH3 is 1. The standard InChI is InChI=1S/C46H68N4O7S/c1-13-29(3)40-44(54)50-22-14-15-37(50)45(55)57-39(46(7,8)9)23-28(2)16-17-30(4)41-47-35(27-58-41)24-31(5)38(51)26-34(25-33-18-20-36(56-12)21-19-33)43(53)48(10)32(6)42(52)49(40)11/h17-21,24,28-29,32,34-35,37,39-40H,13-16,22-23,25-27H2,1-12H3/b30-17+,31-24+/t28-,29-,32-,34+,35-,37-,39-,40-/m0/s1. The van der Waals surface area contributed by atoms with Crippen LogP contribution in [-0.2, 0) is 35.1 Å². The number of hydrogen-bond donors (Lipinski definition) is 0. The van der Waals surface area contributed by atoms with Gasteiger partial charge in [0.15, 0.2) is 5.78 Å². The number of aliphatic imine (C=N–C) groups is 1. The van der Waals surface area contributed by atoms with Crippen LogP contribution in [-0.4, -0.2) is 113 Å². The Balaban J connectivity index is 1.74. The van der Waals surface area contributed by atoms with Gasteiger partial charge < -0.3 is 24.2 Å². The highest BCUT2D eigenvalue weighted by atomic mass is 32.2. The second kappa shape index (κ2) is 20.4. The van der Waals surface area contributed by atoms with Gasteiger partial charge in [-0.25, -0.2) is 4.79 Å². The van der Waals surface area contributed by atoms with Crippen LogP contribution in [0.1, 0.15) is 106 Å². The van der Waals surface area contributed by atoms with E-state index in [-0.39, 0.29) is 59.8 Å². The number of ether oxygens (including phenoxy) is 2. The van der Waals surface area contributed by atoms with E-state index in [9.17, 15) is 24.0 Å². The van der Waals surface area contributed by atoms with Gasteiger partial charge in [-0.15, -0.1) is 11.8 Å². The quantitative estimate of drug-likeness (QED) is 0.283. The van der Waals surface area contributed by atoms with Crippen molar-refractivity contribution in [3.63, 3.8) is 0 Å². The van der Waals surface area contributed by atoms with Gasteiger partial charge in [-0.3, -0.25) is 24.2 Å². The van der Waals surface area contributed by atoms with E-state index in [1.807, 2.05) is 44.2 Å². The highest BCUT2D eigenvalue weighted by Crippen LogP contribution is 2.33. The van der Waals surface area contributed by atoms with E-state index >= 15 is 0 Å². The van der Waals surface area contributed by atoms with E-state index in [1.165, 1.54) is 9.80 Å². The fourth-order valence-electron chi connectivity index (χ4n) is 8.01. The van der Waals surface area contributed by atoms with E-state index in [0.29, 0.717) is 49.3 Å². The first-order valence-corrected chi connectivity index (χ1v) is 22.0. The fraction of sp³-hybridized carbons (Fsp3) is 0.652. The Labute approximate surface area is 351 Å². The molecule has 1 aromatic carbocycles. The number of cyclic esters (lactones) is 1. The SMILES string of the molecule is CC[C@H](C)[C@H]1C(=O)N2CCC[C@H]2C(=O)O[C@H](C(C)(C)C)C[C@@H](C)C/C=C(\C)C2=N[C@@H](/C=C(\C)C(=O)C[C@@H](Cc3ccc(OC)cc3)C(=O)N(C)[C@@H](C)C(=O)N1C)CS2. The maximum atomic E-state index is 14.6. The van der Waals surface area contributed by atoms with Crippen molar-refractivity contribution in [2.24, 2.45) is 28.2 Å². The van der Waals surface area contributed by atoms with Crippen molar-refractivity contribution in [3.05, 3.63) is 53.1 Å². The third-order valence-corrected chi connectivity index (χ3v) is 13.5. The molecule has 3 heterocycles. The van der Waals surface area contributed by atoms with Crippen LogP contribution in [0, 0.1) is 23.2 Å². The van der Waals surface area contributed by atoms with Crippen LogP contribution in [0.15, 0.2) is 52.6 Å². The number of hydrogen-bond acceptors (Lipinski definition) is 9. The van der Waals surface area contributed by atoms with Gasteiger partial charge in [-0.05, 0) is 99.0 Å². The number of amides is 3. The zero-order valence-electron chi connectivity index (χ0n) is 37.0. The second-order valence-electron chi connectivity index (χ2n) is 17.9. The number of carbonyl (C=O) groups is 5. The smallest absolute Gasteiger partial charge is 0.329 e. The van der Waals surface area contributed by atoms with Gasteiger partial charge in [0.05, 0.1) is 18.2 Å². The number of ketones is 1. The summed E-state index contributed by atoms with van der Waals surface area (Å²) < 4.78 is 11.7. The highest BCUT2D eigenvalue weighted by molar-refractivity contribution is 8.14. The molecule has 0 aromatic heterocycles. The number of carbonyl (C=O) groups excluding carboxylic acids is 5. The first-order chi connectivity index (χ1) is 27.3. The van der Waals surface area contributed by atoms with E-state index in [2.05, 4.69) is 40.7 Å². The minimum absolute atomic E-state index is 0.0441. The summed E-state index contributed by atoms with van der Waals surface area (Å²) in [6, 6.07) is 4.68. The molecule has 58 heavy (non-hydrogen) atoms. The third kappa shape index (κ3) is 11.6. The number of fused-ring (bicyclic) bond motifs is 2. The molecule has 3 aliphatic rings. The van der Waals surface area contributed by atoms with Crippen molar-refractivity contribution in [3.8, 4) is 5.75 Å². The monoisotopic (exact) mass is 820 g/mol. The number of esters is 1. The predicted octanol–water partition coefficient (Wildman–Crippen LogP) is 7.32. The molecule has 0 radical (unpaired) electrons. The summed E-state index contributed by atoms with van der Waals surface area (Å²) in [6.45, 7) is 18.2. The Hall–Kier alpha value is -3.93. The average Bonchev–Trinajstić information content (AvgIpc) is 3.88. The second-order valence-corrected chi connectivity index (χ2v) is 18.9. The number of Topliss-reactive ketones (excluding diaryl/α,β-unsaturated/α-hetero) is 1. The van der Waals surface area contributed by atoms with Gasteiger partial charge >= 0.3 is 5.97 Å². The molecule has 0 spiro atoms. The lowest BCUT2D eigenvalue weighted by molar-refractivity contribution is -0.166. The van der Waals surface area contributed by atoms with Crippen molar-refractivity contribution in [2.45, 2.75) is 138 Å². The van der Waals surface area contributed by atoms with E-state index in [4.69, 9.17) is 14.5 Å². The topological polar surface area (TPSA) is 126 Å². The minimum Gasteiger partial charge on any atom is -0.497 e. The maximum absolute atomic E-state index is 14.6. The third-order valence-electron chi connectivity index (χ3n) is 12.3. The van der Waals surface area contributed by atoms with Gasteiger partial charge in [-0.1, -0.05) is 72.2 Å². The Bertz CT molecular complexity index is 1750. The molecule has 0 saturated carbocycles. The lowest BCUT2D eigenvalue weighted by atomic mass is 9.83. The molecular formula is C46H68N4O7S. The minimum atomic E-state index is -0.940. The number of rotatable bonds is 5. The molecule has 320 valence electrons. The highest BCUT2D eigenvalue weighted by Gasteiger charge is 2.44. The van der Waals surface area contributed by atoms with Crippen molar-refractivity contribution in [1.82, 2.24) is 14.7 Å². The maximum Gasteiger partial charge on any atom is 0.329 e. The average molecular weight is 821 g/mol. The van der Waals surface area contributed by atoms with Gasteiger partial charge in [0, 0.05) is 38.7 Å². The van der Waals surface area contributed by atoms with Crippen LogP contribution < -0.4 is 4.74 Å². The Morgan fingerprint density at radius 3 is 2.26 bits per heavy atom. The lowest BCUT2D eigenvalue weighted by Crippen LogP contribution is -2.58. The number of allylic oxidation sites excluding steroid dienone is 2. The zero-order valence-corrected chi connectivity index (χ0v) is 37.8. The van der Waals surface area contributed by atoms with Gasteiger partial charge in [0.2, 0.25) is 17.7 Å². The summed E-state index contributed by atoms with van der Waals surface area (Å²) in [5, 5.41) is 0.942. The molecule has 0 unspecified atom stereocenters. The number of likely N-dealkylation sites (N-methyl/N-ethyl adjacent to an activating group) is 2. The van der Waals surface area contributed by atoms with E-state index in [1.54, 1.807) is 51.7 Å². The molecule has 11 nitrogen and oxygen atoms in total. The van der Waals surface area contributed by atoms with Crippen molar-refractivity contribution in [1.29, 1.82) is 0 Å². The summed E-state index contributed by atoms with van der Waals surface area (Å²) in [4.78, 5) is 80.7. The number of benzene rings is 1. The van der Waals surface area contributed by atoms with Crippen LogP contribution in [0.2, 0.25) is 0 Å². The molecule has 8 atom stereocenters. The number of nitrogens with zero attached hydrogens (tertiary/aromatic N) is 4. The normalized spacial score (nSPS) is 30.3. The largest absolute Gasteiger partial charge is 0.497 e. The van der Waals surface area contributed by atoms with Crippen molar-refractivity contribution in [2.75, 3.05) is 33.5 Å². The molecule has 1 fully saturated rings. The predicted molar refractivity (Wildman–Crippen MR) is 232 cm³/mol. The molecular weight excluding hydrogens is 753 g/mol. The molecule has 12 heteroatoms. The number of thioether (sulfide) groups is 1. The van der Waals surface area contributed by atoms with Crippen LogP contribution in [0.25, 0.3) is 0 Å². The zero-order chi connectivity index (χ0) is 43.1. The Morgan fingerprint density at radius 1 is 0.966 bits per heavy atom. The molecule has 0 N–H and O–H groups in total. The van der Waals surface area contributed by atoms with Crippen molar-refractivity contribution >= 4 is 46.3 Å². The van der Waals surface area contributed by atoms with Gasteiger partial charge in [0.1, 0.15) is 30.0 Å². The van der Waals surface area contributed by atoms with Crippen LogP contribution in [0.3, 0.4) is 0 Å². The molecule has 1 aromatic rings. The van der Waals surface area contributed by atoms with E-state index < -0.39 is 35.9 Å². The summed E-state index contributed by atoms with van der Waals surface area (Å²) in [7, 11) is 4.78. The van der Waals surface area contributed by atoms with Crippen LogP contribution in [0.4, 0.5) is 0 Å². The molecule has 2 bridgehead atoms. The fourth-order valence-corrected chi connectivity index (χ4v) is 9.03. The van der Waals surface area contributed by atoms with Gasteiger partial charge in [-0.2, -0.15) is 0 Å². The first kappa shape index (κ1) is 46.8. The Kier molecular flexibility index (Phi) is 16.4. The van der Waals surface area contributed by atoms with Crippen LogP contribution >= 0.6 is 11.8 Å². The Morgan fingerprint density at radius 2 is 1.64 bits per heavy atom. The summed E-state index contributed by atoms with van der Waals surface area (Å²) in [5.41, 5.74) is 2.15. The summed E-state index contributed by atoms with van der Waals surface area (Å²) in [5.74, 6) is -0.987. The molecule has 4 rings (SSSR count). The first-order valence-electron chi connectivity index (χ1n) is 21.0. The van der Waals surface area contributed by atoms with E-state index in [0.717, 1.165) is 22.6 Å².